The number of carbonyl (C=O) groups is 1. The molecule has 2 aromatic rings. The van der Waals surface area contributed by atoms with E-state index in [1.165, 1.54) is 7.11 Å². The van der Waals surface area contributed by atoms with Crippen molar-refractivity contribution in [3.8, 4) is 0 Å². The number of fused-ring (bicyclic) bond motifs is 1. The van der Waals surface area contributed by atoms with E-state index in [0.717, 1.165) is 16.5 Å². The first kappa shape index (κ1) is 14.9. The molecular weight excluding hydrogens is 278 g/mol. The average molecular weight is 296 g/mol. The summed E-state index contributed by atoms with van der Waals surface area (Å²) in [6, 6.07) is 7.27. The zero-order valence-corrected chi connectivity index (χ0v) is 12.5. The summed E-state index contributed by atoms with van der Waals surface area (Å²) in [5.74, 6) is -0.150. The van der Waals surface area contributed by atoms with Crippen LogP contribution in [0.3, 0.4) is 0 Å². The highest BCUT2D eigenvalue weighted by atomic mass is 35.5. The van der Waals surface area contributed by atoms with Gasteiger partial charge in [0.05, 0.1) is 7.11 Å². The van der Waals surface area contributed by atoms with Gasteiger partial charge in [0.25, 0.3) is 0 Å². The molecule has 0 amide bonds. The third-order valence-corrected chi connectivity index (χ3v) is 3.57. The Morgan fingerprint density at radius 2 is 2.10 bits per heavy atom. The van der Waals surface area contributed by atoms with Crippen molar-refractivity contribution >= 4 is 28.5 Å². The molecule has 1 heterocycles. The lowest BCUT2D eigenvalue weighted by Crippen LogP contribution is -2.41. The summed E-state index contributed by atoms with van der Waals surface area (Å²) in [6.45, 7) is 4.38. The van der Waals surface area contributed by atoms with Crippen molar-refractivity contribution in [2.24, 2.45) is 5.92 Å². The van der Waals surface area contributed by atoms with Gasteiger partial charge in [-0.1, -0.05) is 32.0 Å². The molecular formula is C15H18ClNO3. The molecule has 0 aliphatic heterocycles. The van der Waals surface area contributed by atoms with E-state index in [2.05, 4.69) is 5.32 Å². The van der Waals surface area contributed by atoms with Crippen LogP contribution in [0.1, 0.15) is 19.4 Å². The Bertz CT molecular complexity index is 606. The van der Waals surface area contributed by atoms with Crippen LogP contribution in [0.2, 0.25) is 5.22 Å². The van der Waals surface area contributed by atoms with E-state index in [9.17, 15) is 4.79 Å². The largest absolute Gasteiger partial charge is 0.468 e. The van der Waals surface area contributed by atoms with Crippen molar-refractivity contribution in [1.29, 1.82) is 0 Å². The van der Waals surface area contributed by atoms with Gasteiger partial charge in [-0.25, -0.2) is 0 Å². The lowest BCUT2D eigenvalue weighted by molar-refractivity contribution is -0.144. The minimum absolute atomic E-state index is 0.124. The fourth-order valence-corrected chi connectivity index (χ4v) is 2.42. The Morgan fingerprint density at radius 3 is 2.75 bits per heavy atom. The highest BCUT2D eigenvalue weighted by Gasteiger charge is 2.23. The van der Waals surface area contributed by atoms with E-state index in [1.807, 2.05) is 38.1 Å². The van der Waals surface area contributed by atoms with E-state index in [0.29, 0.717) is 11.8 Å². The van der Waals surface area contributed by atoms with Crippen molar-refractivity contribution in [2.45, 2.75) is 26.4 Å². The Balaban J connectivity index is 2.20. The van der Waals surface area contributed by atoms with Crippen LogP contribution < -0.4 is 5.32 Å². The molecule has 0 aliphatic rings. The van der Waals surface area contributed by atoms with Crippen LogP contribution in [-0.2, 0) is 16.1 Å². The summed E-state index contributed by atoms with van der Waals surface area (Å²) in [5.41, 5.74) is 1.60. The molecule has 0 saturated heterocycles. The third-order valence-electron chi connectivity index (χ3n) is 3.27. The number of benzene rings is 1. The molecule has 108 valence electrons. The monoisotopic (exact) mass is 295 g/mol. The maximum atomic E-state index is 11.7. The van der Waals surface area contributed by atoms with Crippen LogP contribution in [0.15, 0.2) is 28.7 Å². The SMILES string of the molecule is COC(=O)[C@@H](NCc1c(Cl)oc2ccccc12)C(C)C. The zero-order chi connectivity index (χ0) is 14.7. The van der Waals surface area contributed by atoms with Crippen LogP contribution in [0.5, 0.6) is 0 Å². The topological polar surface area (TPSA) is 51.5 Å². The van der Waals surface area contributed by atoms with Crippen LogP contribution >= 0.6 is 11.6 Å². The fourth-order valence-electron chi connectivity index (χ4n) is 2.16. The molecule has 0 fully saturated rings. The van der Waals surface area contributed by atoms with Crippen LogP contribution in [0.25, 0.3) is 11.0 Å². The van der Waals surface area contributed by atoms with Crippen LogP contribution in [0, 0.1) is 5.92 Å². The normalized spacial score (nSPS) is 12.8. The second kappa shape index (κ2) is 6.29. The van der Waals surface area contributed by atoms with E-state index >= 15 is 0 Å². The molecule has 0 spiro atoms. The highest BCUT2D eigenvalue weighted by molar-refractivity contribution is 6.30. The smallest absolute Gasteiger partial charge is 0.323 e. The lowest BCUT2D eigenvalue weighted by atomic mass is 10.0. The maximum Gasteiger partial charge on any atom is 0.323 e. The standard InChI is InChI=1S/C15H18ClNO3/c1-9(2)13(15(18)19-3)17-8-11-10-6-4-5-7-12(10)20-14(11)16/h4-7,9,13,17H,8H2,1-3H3/t13-/m0/s1. The van der Waals surface area contributed by atoms with Gasteiger partial charge in [0.15, 0.2) is 5.22 Å². The Hall–Kier alpha value is -1.52. The molecule has 0 saturated carbocycles. The summed E-state index contributed by atoms with van der Waals surface area (Å²) >= 11 is 6.12. The molecule has 0 aliphatic carbocycles. The third kappa shape index (κ3) is 2.97. The van der Waals surface area contributed by atoms with Gasteiger partial charge in [-0.3, -0.25) is 10.1 Å². The number of hydrogen-bond donors (Lipinski definition) is 1. The van der Waals surface area contributed by atoms with E-state index in [1.54, 1.807) is 0 Å². The number of rotatable bonds is 5. The molecule has 1 atom stereocenters. The summed E-state index contributed by atoms with van der Waals surface area (Å²) in [6.07, 6.45) is 0. The molecule has 0 unspecified atom stereocenters. The minimum atomic E-state index is -0.371. The molecule has 1 N–H and O–H groups in total. The molecule has 0 radical (unpaired) electrons. The molecule has 1 aromatic heterocycles. The number of ether oxygens (including phenoxy) is 1. The number of hydrogen-bond acceptors (Lipinski definition) is 4. The zero-order valence-electron chi connectivity index (χ0n) is 11.8. The van der Waals surface area contributed by atoms with Crippen molar-refractivity contribution in [2.75, 3.05) is 7.11 Å². The number of para-hydroxylation sites is 1. The molecule has 0 bridgehead atoms. The predicted octanol–water partition coefficient (Wildman–Crippen LogP) is 3.37. The molecule has 20 heavy (non-hydrogen) atoms. The first-order valence-electron chi connectivity index (χ1n) is 6.51. The fraction of sp³-hybridized carbons (Fsp3) is 0.400. The summed E-state index contributed by atoms with van der Waals surface area (Å²) < 4.78 is 10.3. The number of carbonyl (C=O) groups excluding carboxylic acids is 1. The number of methoxy groups -OCH3 is 1. The predicted molar refractivity (Wildman–Crippen MR) is 78.7 cm³/mol. The Morgan fingerprint density at radius 1 is 1.40 bits per heavy atom. The first-order chi connectivity index (χ1) is 9.54. The highest BCUT2D eigenvalue weighted by Crippen LogP contribution is 2.29. The van der Waals surface area contributed by atoms with Crippen molar-refractivity contribution in [1.82, 2.24) is 5.32 Å². The summed E-state index contributed by atoms with van der Waals surface area (Å²) in [7, 11) is 1.39. The van der Waals surface area contributed by atoms with Gasteiger partial charge in [-0.05, 0) is 23.6 Å². The number of esters is 1. The van der Waals surface area contributed by atoms with E-state index in [-0.39, 0.29) is 17.9 Å². The Kier molecular flexibility index (Phi) is 4.68. The van der Waals surface area contributed by atoms with Gasteiger partial charge < -0.3 is 9.15 Å². The lowest BCUT2D eigenvalue weighted by Gasteiger charge is -2.19. The van der Waals surface area contributed by atoms with Gasteiger partial charge in [-0.15, -0.1) is 0 Å². The second-order valence-corrected chi connectivity index (χ2v) is 5.32. The van der Waals surface area contributed by atoms with Crippen molar-refractivity contribution < 1.29 is 13.9 Å². The number of halogens is 1. The molecule has 1 aromatic carbocycles. The van der Waals surface area contributed by atoms with Gasteiger partial charge in [0, 0.05) is 17.5 Å². The average Bonchev–Trinajstić information content (AvgIpc) is 2.74. The van der Waals surface area contributed by atoms with E-state index in [4.69, 9.17) is 20.8 Å². The number of nitrogens with one attached hydrogen (secondary N) is 1. The molecule has 4 nitrogen and oxygen atoms in total. The van der Waals surface area contributed by atoms with Crippen LogP contribution in [-0.4, -0.2) is 19.1 Å². The molecule has 5 heteroatoms. The summed E-state index contributed by atoms with van der Waals surface area (Å²) in [5, 5.41) is 4.50. The van der Waals surface area contributed by atoms with Gasteiger partial charge in [0.1, 0.15) is 11.6 Å². The molecule has 2 rings (SSSR count). The van der Waals surface area contributed by atoms with Gasteiger partial charge >= 0.3 is 5.97 Å². The van der Waals surface area contributed by atoms with Crippen LogP contribution in [0.4, 0.5) is 0 Å². The second-order valence-electron chi connectivity index (χ2n) is 4.98. The maximum absolute atomic E-state index is 11.7. The van der Waals surface area contributed by atoms with Gasteiger partial charge in [0.2, 0.25) is 0 Å². The minimum Gasteiger partial charge on any atom is -0.468 e. The Labute approximate surface area is 123 Å². The van der Waals surface area contributed by atoms with E-state index < -0.39 is 0 Å². The van der Waals surface area contributed by atoms with Crippen molar-refractivity contribution in [3.05, 3.63) is 35.0 Å². The van der Waals surface area contributed by atoms with Gasteiger partial charge in [-0.2, -0.15) is 0 Å². The summed E-state index contributed by atoms with van der Waals surface area (Å²) in [4.78, 5) is 11.7. The quantitative estimate of drug-likeness (QED) is 0.859. The first-order valence-corrected chi connectivity index (χ1v) is 6.89. The van der Waals surface area contributed by atoms with Crippen molar-refractivity contribution in [3.63, 3.8) is 0 Å². The number of furan rings is 1.